The van der Waals surface area contributed by atoms with E-state index in [1.54, 1.807) is 19.2 Å². The molecule has 1 N–H and O–H groups in total. The summed E-state index contributed by atoms with van der Waals surface area (Å²) in [5, 5.41) is 3.53. The van der Waals surface area contributed by atoms with Gasteiger partial charge < -0.3 is 10.2 Å². The van der Waals surface area contributed by atoms with Crippen molar-refractivity contribution in [1.29, 1.82) is 0 Å². The summed E-state index contributed by atoms with van der Waals surface area (Å²) in [6, 6.07) is 16.6. The maximum atomic E-state index is 13.3. The van der Waals surface area contributed by atoms with E-state index in [-0.39, 0.29) is 17.4 Å². The molecule has 1 aliphatic heterocycles. The van der Waals surface area contributed by atoms with Crippen molar-refractivity contribution in [2.75, 3.05) is 24.5 Å². The van der Waals surface area contributed by atoms with Gasteiger partial charge >= 0.3 is 5.69 Å². The summed E-state index contributed by atoms with van der Waals surface area (Å²) in [4.78, 5) is 32.7. The number of anilines is 1. The highest BCUT2D eigenvalue weighted by Gasteiger charge is 2.27. The molecule has 0 unspecified atom stereocenters. The maximum absolute atomic E-state index is 13.3. The SMILES string of the molecule is Cn1c(=O)c2c(nc(N3CCN[C@H](Cc4ccc(F)cc4)C3)n2Cc2ccccc2)n(C)c1=O. The molecule has 9 heteroatoms. The zero-order chi connectivity index (χ0) is 23.8. The number of aromatic nitrogens is 4. The first-order valence-corrected chi connectivity index (χ1v) is 11.4. The molecule has 8 nitrogen and oxygen atoms in total. The van der Waals surface area contributed by atoms with Crippen LogP contribution in [-0.4, -0.2) is 44.4 Å². The Hall–Kier alpha value is -3.72. The molecule has 0 radical (unpaired) electrons. The lowest BCUT2D eigenvalue weighted by Gasteiger charge is -2.34. The fraction of sp³-hybridized carbons (Fsp3) is 0.320. The van der Waals surface area contributed by atoms with Crippen LogP contribution in [-0.2, 0) is 27.1 Å². The number of piperazine rings is 1. The van der Waals surface area contributed by atoms with Gasteiger partial charge in [0.05, 0.1) is 6.54 Å². The van der Waals surface area contributed by atoms with Gasteiger partial charge in [-0.1, -0.05) is 42.5 Å². The molecule has 1 saturated heterocycles. The van der Waals surface area contributed by atoms with Crippen molar-refractivity contribution in [2.45, 2.75) is 19.0 Å². The van der Waals surface area contributed by atoms with E-state index in [0.717, 1.165) is 28.7 Å². The second-order valence-corrected chi connectivity index (χ2v) is 8.79. The molecule has 176 valence electrons. The second kappa shape index (κ2) is 8.90. The molecule has 34 heavy (non-hydrogen) atoms. The molecule has 0 bridgehead atoms. The lowest BCUT2D eigenvalue weighted by molar-refractivity contribution is 0.447. The van der Waals surface area contributed by atoms with Crippen LogP contribution in [0.2, 0.25) is 0 Å². The Labute approximate surface area is 195 Å². The summed E-state index contributed by atoms with van der Waals surface area (Å²) in [6.07, 6.45) is 0.746. The van der Waals surface area contributed by atoms with Crippen molar-refractivity contribution >= 4 is 17.1 Å². The summed E-state index contributed by atoms with van der Waals surface area (Å²) in [6.45, 7) is 2.60. The topological polar surface area (TPSA) is 77.1 Å². The summed E-state index contributed by atoms with van der Waals surface area (Å²) >= 11 is 0. The van der Waals surface area contributed by atoms with Crippen molar-refractivity contribution in [3.05, 3.63) is 92.4 Å². The van der Waals surface area contributed by atoms with Crippen molar-refractivity contribution in [1.82, 2.24) is 24.0 Å². The molecule has 4 aromatic rings. The number of fused-ring (bicyclic) bond motifs is 1. The molecular weight excluding hydrogens is 435 g/mol. The monoisotopic (exact) mass is 462 g/mol. The molecule has 0 amide bonds. The van der Waals surface area contributed by atoms with Crippen molar-refractivity contribution < 1.29 is 4.39 Å². The number of halogens is 1. The Kier molecular flexibility index (Phi) is 5.79. The van der Waals surface area contributed by atoms with Gasteiger partial charge in [-0.3, -0.25) is 18.5 Å². The number of hydrogen-bond donors (Lipinski definition) is 1. The molecule has 1 aliphatic rings. The third-order valence-electron chi connectivity index (χ3n) is 6.45. The molecule has 5 rings (SSSR count). The Morgan fingerprint density at radius 3 is 2.47 bits per heavy atom. The highest BCUT2D eigenvalue weighted by molar-refractivity contribution is 5.75. The highest BCUT2D eigenvalue weighted by atomic mass is 19.1. The van der Waals surface area contributed by atoms with Crippen molar-refractivity contribution in [2.24, 2.45) is 14.1 Å². The van der Waals surface area contributed by atoms with Crippen LogP contribution >= 0.6 is 0 Å². The molecule has 0 aliphatic carbocycles. The predicted molar refractivity (Wildman–Crippen MR) is 130 cm³/mol. The van der Waals surface area contributed by atoms with Gasteiger partial charge in [0.2, 0.25) is 5.95 Å². The molecule has 3 heterocycles. The van der Waals surface area contributed by atoms with Crippen LogP contribution in [0.15, 0.2) is 64.2 Å². The van der Waals surface area contributed by atoms with Crippen molar-refractivity contribution in [3.8, 4) is 0 Å². The summed E-state index contributed by atoms with van der Waals surface area (Å²) in [5.41, 5.74) is 2.13. The normalized spacial score (nSPS) is 16.3. The predicted octanol–water partition coefficient (Wildman–Crippen LogP) is 1.64. The summed E-state index contributed by atoms with van der Waals surface area (Å²) < 4.78 is 17.8. The first-order chi connectivity index (χ1) is 16.4. The fourth-order valence-electron chi connectivity index (χ4n) is 4.64. The molecule has 1 fully saturated rings. The molecule has 0 spiro atoms. The average Bonchev–Trinajstić information content (AvgIpc) is 3.23. The molecule has 2 aromatic heterocycles. The van der Waals surface area contributed by atoms with E-state index >= 15 is 0 Å². The van der Waals surface area contributed by atoms with Gasteiger partial charge in [-0.2, -0.15) is 4.98 Å². The number of hydrogen-bond acceptors (Lipinski definition) is 5. The molecule has 0 saturated carbocycles. The average molecular weight is 463 g/mol. The maximum Gasteiger partial charge on any atom is 0.332 e. The number of nitrogens with zero attached hydrogens (tertiary/aromatic N) is 5. The van der Waals surface area contributed by atoms with E-state index in [4.69, 9.17) is 4.98 Å². The minimum absolute atomic E-state index is 0.135. The zero-order valence-corrected chi connectivity index (χ0v) is 19.2. The van der Waals surface area contributed by atoms with Gasteiger partial charge in [0.15, 0.2) is 11.2 Å². The largest absolute Gasteiger partial charge is 0.339 e. The van der Waals surface area contributed by atoms with Gasteiger partial charge in [0.25, 0.3) is 5.56 Å². The quantitative estimate of drug-likeness (QED) is 0.488. The number of imidazole rings is 1. The zero-order valence-electron chi connectivity index (χ0n) is 19.2. The third-order valence-corrected chi connectivity index (χ3v) is 6.45. The standard InChI is InChI=1S/C25H27FN6O2/c1-29-22-21(23(33)30(2)25(29)34)32(15-18-6-4-3-5-7-18)24(28-22)31-13-12-27-20(16-31)14-17-8-10-19(26)11-9-17/h3-11,20,27H,12-16H2,1-2H3/t20-/m1/s1. The Balaban J connectivity index is 1.56. The summed E-state index contributed by atoms with van der Waals surface area (Å²) in [5.74, 6) is 0.423. The van der Waals surface area contributed by atoms with Gasteiger partial charge in [0.1, 0.15) is 5.82 Å². The van der Waals surface area contributed by atoms with E-state index in [2.05, 4.69) is 10.2 Å². The third kappa shape index (κ3) is 4.03. The molecular formula is C25H27FN6O2. The van der Waals surface area contributed by atoms with Crippen LogP contribution in [0.1, 0.15) is 11.1 Å². The van der Waals surface area contributed by atoms with Crippen LogP contribution in [0.5, 0.6) is 0 Å². The second-order valence-electron chi connectivity index (χ2n) is 8.79. The first-order valence-electron chi connectivity index (χ1n) is 11.4. The van der Waals surface area contributed by atoms with E-state index in [9.17, 15) is 14.0 Å². The minimum Gasteiger partial charge on any atom is -0.339 e. The van der Waals surface area contributed by atoms with Gasteiger partial charge in [-0.15, -0.1) is 0 Å². The minimum atomic E-state index is -0.400. The van der Waals surface area contributed by atoms with E-state index in [1.807, 2.05) is 34.9 Å². The number of rotatable bonds is 5. The highest BCUT2D eigenvalue weighted by Crippen LogP contribution is 2.23. The van der Waals surface area contributed by atoms with Crippen LogP contribution < -0.4 is 21.5 Å². The van der Waals surface area contributed by atoms with Crippen LogP contribution in [0.25, 0.3) is 11.2 Å². The lowest BCUT2D eigenvalue weighted by Crippen LogP contribution is -2.52. The molecule has 2 aromatic carbocycles. The fourth-order valence-corrected chi connectivity index (χ4v) is 4.64. The summed E-state index contributed by atoms with van der Waals surface area (Å²) in [7, 11) is 3.13. The van der Waals surface area contributed by atoms with Gasteiger partial charge in [-0.25, -0.2) is 9.18 Å². The van der Waals surface area contributed by atoms with Crippen LogP contribution in [0, 0.1) is 5.82 Å². The Morgan fingerprint density at radius 1 is 1.00 bits per heavy atom. The van der Waals surface area contributed by atoms with Crippen molar-refractivity contribution in [3.63, 3.8) is 0 Å². The van der Waals surface area contributed by atoms with E-state index < -0.39 is 5.69 Å². The van der Waals surface area contributed by atoms with Crippen LogP contribution in [0.3, 0.4) is 0 Å². The number of aryl methyl sites for hydroxylation is 1. The number of benzene rings is 2. The lowest BCUT2D eigenvalue weighted by atomic mass is 10.0. The number of nitrogens with one attached hydrogen (secondary N) is 1. The van der Waals surface area contributed by atoms with Gasteiger partial charge in [0, 0.05) is 39.8 Å². The Bertz CT molecular complexity index is 1440. The molecule has 1 atom stereocenters. The van der Waals surface area contributed by atoms with Crippen LogP contribution in [0.4, 0.5) is 10.3 Å². The smallest absolute Gasteiger partial charge is 0.332 e. The Morgan fingerprint density at radius 2 is 1.74 bits per heavy atom. The van der Waals surface area contributed by atoms with E-state index in [0.29, 0.717) is 36.7 Å². The van der Waals surface area contributed by atoms with E-state index in [1.165, 1.54) is 23.7 Å². The van der Waals surface area contributed by atoms with Gasteiger partial charge in [-0.05, 0) is 29.7 Å². The first kappa shape index (κ1) is 22.1.